The summed E-state index contributed by atoms with van der Waals surface area (Å²) in [5.74, 6) is 0.560. The van der Waals surface area contributed by atoms with E-state index in [1.54, 1.807) is 7.11 Å². The fraction of sp³-hybridized carbons (Fsp3) is 0.429. The van der Waals surface area contributed by atoms with E-state index in [4.69, 9.17) is 9.47 Å². The van der Waals surface area contributed by atoms with Gasteiger partial charge < -0.3 is 9.47 Å². The van der Waals surface area contributed by atoms with E-state index in [0.29, 0.717) is 12.8 Å². The third-order valence-electron chi connectivity index (χ3n) is 6.22. The molecule has 1 saturated carbocycles. The van der Waals surface area contributed by atoms with Gasteiger partial charge in [-0.2, -0.15) is 0 Å². The number of ketones is 1. The van der Waals surface area contributed by atoms with Crippen molar-refractivity contribution in [3.63, 3.8) is 0 Å². The highest BCUT2D eigenvalue weighted by Gasteiger charge is 2.63. The Balaban J connectivity index is 1.77. The molecule has 1 heterocycles. The molecule has 0 aromatic heterocycles. The fourth-order valence-corrected chi connectivity index (χ4v) is 5.32. The second-order valence-electron chi connectivity index (χ2n) is 7.69. The van der Waals surface area contributed by atoms with Gasteiger partial charge in [0.25, 0.3) is 0 Å². The zero-order valence-electron chi connectivity index (χ0n) is 15.1. The lowest BCUT2D eigenvalue weighted by Gasteiger charge is -2.38. The van der Waals surface area contributed by atoms with Crippen molar-refractivity contribution in [2.45, 2.75) is 44.6 Å². The summed E-state index contributed by atoms with van der Waals surface area (Å²) in [4.78, 5) is 24.8. The van der Waals surface area contributed by atoms with Crippen LogP contribution in [-0.4, -0.2) is 24.5 Å². The first-order chi connectivity index (χ1) is 12.3. The van der Waals surface area contributed by atoms with Crippen molar-refractivity contribution in [3.05, 3.63) is 40.4 Å². The lowest BCUT2D eigenvalue weighted by Crippen LogP contribution is -2.42. The molecule has 2 fully saturated rings. The smallest absolute Gasteiger partial charge is 0.313 e. The fourth-order valence-electron chi connectivity index (χ4n) is 4.67. The Morgan fingerprint density at radius 2 is 2.08 bits per heavy atom. The van der Waals surface area contributed by atoms with Gasteiger partial charge in [-0.1, -0.05) is 24.3 Å². The first-order valence-electron chi connectivity index (χ1n) is 8.81. The maximum atomic E-state index is 12.7. The average molecular weight is 417 g/mol. The Kier molecular flexibility index (Phi) is 3.92. The summed E-state index contributed by atoms with van der Waals surface area (Å²) in [7, 11) is 1.65. The van der Waals surface area contributed by atoms with Crippen LogP contribution in [0.4, 0.5) is 0 Å². The minimum atomic E-state index is -0.907. The summed E-state index contributed by atoms with van der Waals surface area (Å²) in [6.45, 7) is 3.47. The molecule has 0 spiro atoms. The van der Waals surface area contributed by atoms with E-state index in [1.165, 1.54) is 6.92 Å². The van der Waals surface area contributed by atoms with Gasteiger partial charge in [-0.05, 0) is 65.0 Å². The van der Waals surface area contributed by atoms with E-state index in [9.17, 15) is 9.59 Å². The van der Waals surface area contributed by atoms with Crippen molar-refractivity contribution in [2.24, 2.45) is 5.41 Å². The third-order valence-corrected chi connectivity index (χ3v) is 7.04. The normalized spacial score (nSPS) is 30.3. The molecule has 0 N–H and O–H groups in total. The Hall–Kier alpha value is -1.88. The number of hydrogen-bond acceptors (Lipinski definition) is 4. The zero-order valence-corrected chi connectivity index (χ0v) is 16.7. The van der Waals surface area contributed by atoms with Crippen molar-refractivity contribution >= 4 is 38.5 Å². The largest absolute Gasteiger partial charge is 0.496 e. The minimum absolute atomic E-state index is 0.0393. The van der Waals surface area contributed by atoms with Gasteiger partial charge in [0.2, 0.25) is 0 Å². The van der Waals surface area contributed by atoms with Crippen molar-refractivity contribution in [1.82, 2.24) is 0 Å². The van der Waals surface area contributed by atoms with Gasteiger partial charge in [0.1, 0.15) is 5.75 Å². The van der Waals surface area contributed by atoms with Crippen LogP contribution in [0.2, 0.25) is 0 Å². The zero-order chi connectivity index (χ0) is 18.7. The summed E-state index contributed by atoms with van der Waals surface area (Å²) in [5, 5.41) is 2.16. The van der Waals surface area contributed by atoms with Crippen molar-refractivity contribution in [2.75, 3.05) is 7.11 Å². The number of methoxy groups -OCH3 is 1. The predicted octanol–water partition coefficient (Wildman–Crippen LogP) is 4.77. The number of carbonyl (C=O) groups is 2. The van der Waals surface area contributed by atoms with Gasteiger partial charge in [0, 0.05) is 12.3 Å². The standard InChI is InChI=1S/C21H21BrO4/c1-12(23)21-9-8-16(20(2,11-21)19(24)26-21)14-4-6-15-13(10-14)5-7-17(25-3)18(15)22/h4-7,10,16H,8-9,11H2,1-3H3. The van der Waals surface area contributed by atoms with E-state index in [1.807, 2.05) is 19.1 Å². The molecule has 2 aromatic carbocycles. The summed E-state index contributed by atoms with van der Waals surface area (Å²) in [6.07, 6.45) is 1.84. The highest BCUT2D eigenvalue weighted by Crippen LogP contribution is 2.58. The van der Waals surface area contributed by atoms with Crippen LogP contribution in [0, 0.1) is 5.41 Å². The van der Waals surface area contributed by atoms with Gasteiger partial charge in [-0.15, -0.1) is 0 Å². The molecule has 4 rings (SSSR count). The molecule has 0 amide bonds. The molecular weight excluding hydrogens is 396 g/mol. The molecule has 0 radical (unpaired) electrons. The minimum Gasteiger partial charge on any atom is -0.496 e. The molecule has 1 aliphatic carbocycles. The van der Waals surface area contributed by atoms with Crippen LogP contribution in [0.25, 0.3) is 10.8 Å². The number of fused-ring (bicyclic) bond motifs is 3. The van der Waals surface area contributed by atoms with Gasteiger partial charge in [-0.3, -0.25) is 9.59 Å². The second-order valence-corrected chi connectivity index (χ2v) is 8.48. The van der Waals surface area contributed by atoms with E-state index < -0.39 is 11.0 Å². The van der Waals surface area contributed by atoms with Crippen LogP contribution in [0.1, 0.15) is 44.6 Å². The second kappa shape index (κ2) is 5.81. The van der Waals surface area contributed by atoms with E-state index in [0.717, 1.165) is 33.0 Å². The SMILES string of the molecule is COc1ccc2cc(C3CCC4(C(C)=O)CC3(C)C(=O)O4)ccc2c1Br. The van der Waals surface area contributed by atoms with Crippen LogP contribution in [0.3, 0.4) is 0 Å². The number of ether oxygens (including phenoxy) is 2. The number of Topliss-reactive ketones (excluding diaryl/α,β-unsaturated/α-hetero) is 1. The summed E-state index contributed by atoms with van der Waals surface area (Å²) >= 11 is 3.60. The highest BCUT2D eigenvalue weighted by atomic mass is 79.9. The summed E-state index contributed by atoms with van der Waals surface area (Å²) < 4.78 is 11.9. The Labute approximate surface area is 161 Å². The molecule has 26 heavy (non-hydrogen) atoms. The monoisotopic (exact) mass is 416 g/mol. The molecule has 2 aliphatic rings. The molecule has 2 aromatic rings. The number of halogens is 1. The predicted molar refractivity (Wildman–Crippen MR) is 102 cm³/mol. The molecule has 1 aliphatic heterocycles. The van der Waals surface area contributed by atoms with Crippen LogP contribution < -0.4 is 4.74 Å². The Morgan fingerprint density at radius 3 is 2.77 bits per heavy atom. The number of rotatable bonds is 3. The Morgan fingerprint density at radius 1 is 1.31 bits per heavy atom. The quantitative estimate of drug-likeness (QED) is 0.676. The van der Waals surface area contributed by atoms with Crippen molar-refractivity contribution in [1.29, 1.82) is 0 Å². The molecule has 136 valence electrons. The van der Waals surface area contributed by atoms with E-state index in [2.05, 4.69) is 34.1 Å². The molecule has 3 atom stereocenters. The average Bonchev–Trinajstić information content (AvgIpc) is 2.82. The topological polar surface area (TPSA) is 52.6 Å². The van der Waals surface area contributed by atoms with Crippen molar-refractivity contribution in [3.8, 4) is 5.75 Å². The number of hydrogen-bond donors (Lipinski definition) is 0. The van der Waals surface area contributed by atoms with Crippen molar-refractivity contribution < 1.29 is 19.1 Å². The number of carbonyl (C=O) groups excluding carboxylic acids is 2. The molecular formula is C21H21BrO4. The van der Waals surface area contributed by atoms with E-state index >= 15 is 0 Å². The van der Waals surface area contributed by atoms with Crippen LogP contribution in [0.15, 0.2) is 34.8 Å². The summed E-state index contributed by atoms with van der Waals surface area (Å²) in [5.41, 5.74) is -0.440. The lowest BCUT2D eigenvalue weighted by molar-refractivity contribution is -0.158. The van der Waals surface area contributed by atoms with Gasteiger partial charge in [0.05, 0.1) is 17.0 Å². The number of benzene rings is 2. The molecule has 3 unspecified atom stereocenters. The van der Waals surface area contributed by atoms with Crippen LogP contribution in [0.5, 0.6) is 5.75 Å². The van der Waals surface area contributed by atoms with Gasteiger partial charge >= 0.3 is 5.97 Å². The molecule has 1 saturated heterocycles. The van der Waals surface area contributed by atoms with Gasteiger partial charge in [0.15, 0.2) is 11.4 Å². The van der Waals surface area contributed by atoms with Gasteiger partial charge in [-0.25, -0.2) is 0 Å². The first kappa shape index (κ1) is 17.5. The molecule has 4 nitrogen and oxygen atoms in total. The van der Waals surface area contributed by atoms with E-state index in [-0.39, 0.29) is 17.7 Å². The molecule has 5 heteroatoms. The third kappa shape index (κ3) is 2.33. The summed E-state index contributed by atoms with van der Waals surface area (Å²) in [6, 6.07) is 10.2. The molecule has 2 bridgehead atoms. The lowest BCUT2D eigenvalue weighted by atomic mass is 9.61. The Bertz CT molecular complexity index is 937. The number of esters is 1. The maximum Gasteiger partial charge on any atom is 0.313 e. The van der Waals surface area contributed by atoms with Crippen LogP contribution >= 0.6 is 15.9 Å². The highest BCUT2D eigenvalue weighted by molar-refractivity contribution is 9.10. The van der Waals surface area contributed by atoms with Crippen LogP contribution in [-0.2, 0) is 14.3 Å². The maximum absolute atomic E-state index is 12.7. The first-order valence-corrected chi connectivity index (χ1v) is 9.61.